The Kier molecular flexibility index (Phi) is 6.36. The second-order valence-electron chi connectivity index (χ2n) is 5.29. The molecule has 2 aromatic rings. The summed E-state index contributed by atoms with van der Waals surface area (Å²) >= 11 is 6.09. The SMILES string of the molecule is COc1ccc(N(CCC(=O)Nc2ccc(F)cc2)C(C)=O)cc1Cl. The summed E-state index contributed by atoms with van der Waals surface area (Å²) in [6.45, 7) is 1.60. The van der Waals surface area contributed by atoms with Crippen molar-refractivity contribution in [2.45, 2.75) is 13.3 Å². The number of hydrogen-bond acceptors (Lipinski definition) is 3. The van der Waals surface area contributed by atoms with E-state index >= 15 is 0 Å². The van der Waals surface area contributed by atoms with Gasteiger partial charge in [0.25, 0.3) is 0 Å². The van der Waals surface area contributed by atoms with Crippen LogP contribution in [0, 0.1) is 5.82 Å². The summed E-state index contributed by atoms with van der Waals surface area (Å²) in [4.78, 5) is 25.4. The number of ether oxygens (including phenoxy) is 1. The third-order valence-corrected chi connectivity index (χ3v) is 3.81. The summed E-state index contributed by atoms with van der Waals surface area (Å²) in [5.74, 6) is -0.367. The Balaban J connectivity index is 2.01. The molecule has 0 aliphatic carbocycles. The fraction of sp³-hybridized carbons (Fsp3) is 0.222. The molecule has 0 aliphatic rings. The standard InChI is InChI=1S/C18H18ClFN2O3/c1-12(23)22(15-7-8-17(25-2)16(19)11-15)10-9-18(24)21-14-5-3-13(20)4-6-14/h3-8,11H,9-10H2,1-2H3,(H,21,24). The molecule has 0 unspecified atom stereocenters. The molecule has 2 aromatic carbocycles. The molecule has 0 atom stereocenters. The molecule has 25 heavy (non-hydrogen) atoms. The highest BCUT2D eigenvalue weighted by atomic mass is 35.5. The average Bonchev–Trinajstić information content (AvgIpc) is 2.57. The first-order chi connectivity index (χ1) is 11.9. The number of methoxy groups -OCH3 is 1. The normalized spacial score (nSPS) is 10.2. The van der Waals surface area contributed by atoms with Crippen LogP contribution in [0.25, 0.3) is 0 Å². The van der Waals surface area contributed by atoms with E-state index in [0.29, 0.717) is 22.1 Å². The van der Waals surface area contributed by atoms with Gasteiger partial charge in [-0.15, -0.1) is 0 Å². The number of rotatable bonds is 6. The Morgan fingerprint density at radius 3 is 2.44 bits per heavy atom. The lowest BCUT2D eigenvalue weighted by Gasteiger charge is -2.21. The van der Waals surface area contributed by atoms with Gasteiger partial charge in [-0.25, -0.2) is 4.39 Å². The van der Waals surface area contributed by atoms with Crippen molar-refractivity contribution in [2.24, 2.45) is 0 Å². The van der Waals surface area contributed by atoms with Gasteiger partial charge in [0.1, 0.15) is 11.6 Å². The van der Waals surface area contributed by atoms with E-state index in [4.69, 9.17) is 16.3 Å². The van der Waals surface area contributed by atoms with Crippen molar-refractivity contribution in [2.75, 3.05) is 23.9 Å². The lowest BCUT2D eigenvalue weighted by atomic mass is 10.2. The molecule has 0 fully saturated rings. The van der Waals surface area contributed by atoms with Crippen LogP contribution in [0.2, 0.25) is 5.02 Å². The number of hydrogen-bond donors (Lipinski definition) is 1. The minimum absolute atomic E-state index is 0.0839. The Morgan fingerprint density at radius 2 is 1.88 bits per heavy atom. The highest BCUT2D eigenvalue weighted by Crippen LogP contribution is 2.29. The van der Waals surface area contributed by atoms with Gasteiger partial charge in [-0.1, -0.05) is 11.6 Å². The second-order valence-corrected chi connectivity index (χ2v) is 5.70. The predicted octanol–water partition coefficient (Wildman–Crippen LogP) is 3.87. The molecule has 2 rings (SSSR count). The monoisotopic (exact) mass is 364 g/mol. The van der Waals surface area contributed by atoms with Crippen LogP contribution in [0.5, 0.6) is 5.75 Å². The molecule has 132 valence electrons. The van der Waals surface area contributed by atoms with Crippen LogP contribution < -0.4 is 15.0 Å². The molecule has 0 saturated heterocycles. The highest BCUT2D eigenvalue weighted by Gasteiger charge is 2.15. The zero-order chi connectivity index (χ0) is 18.4. The van der Waals surface area contributed by atoms with Crippen LogP contribution >= 0.6 is 11.6 Å². The van der Waals surface area contributed by atoms with Crippen molar-refractivity contribution in [3.8, 4) is 5.75 Å². The Labute approximate surface area is 150 Å². The fourth-order valence-electron chi connectivity index (χ4n) is 2.26. The predicted molar refractivity (Wildman–Crippen MR) is 95.7 cm³/mol. The van der Waals surface area contributed by atoms with Crippen LogP contribution in [0.3, 0.4) is 0 Å². The van der Waals surface area contributed by atoms with Crippen molar-refractivity contribution in [1.29, 1.82) is 0 Å². The summed E-state index contributed by atoms with van der Waals surface area (Å²) in [5, 5.41) is 3.03. The van der Waals surface area contributed by atoms with Gasteiger partial charge in [0.05, 0.1) is 12.1 Å². The molecule has 0 aromatic heterocycles. The molecule has 0 spiro atoms. The molecule has 0 heterocycles. The van der Waals surface area contributed by atoms with Gasteiger partial charge in [-0.05, 0) is 42.5 Å². The number of nitrogens with zero attached hydrogens (tertiary/aromatic N) is 1. The van der Waals surface area contributed by atoms with Gasteiger partial charge in [0.2, 0.25) is 11.8 Å². The zero-order valence-corrected chi connectivity index (χ0v) is 14.6. The van der Waals surface area contributed by atoms with E-state index in [1.807, 2.05) is 0 Å². The third-order valence-electron chi connectivity index (χ3n) is 3.52. The summed E-state index contributed by atoms with van der Waals surface area (Å²) < 4.78 is 18.0. The summed E-state index contributed by atoms with van der Waals surface area (Å²) in [6.07, 6.45) is 0.0839. The van der Waals surface area contributed by atoms with Crippen LogP contribution in [-0.4, -0.2) is 25.5 Å². The zero-order valence-electron chi connectivity index (χ0n) is 13.9. The van der Waals surface area contributed by atoms with Gasteiger partial charge in [0.15, 0.2) is 0 Å². The molecular formula is C18H18ClFN2O3. The second kappa shape index (κ2) is 8.48. The van der Waals surface area contributed by atoms with Gasteiger partial charge < -0.3 is 15.0 Å². The minimum atomic E-state index is -0.378. The van der Waals surface area contributed by atoms with E-state index in [1.165, 1.54) is 43.2 Å². The minimum Gasteiger partial charge on any atom is -0.495 e. The van der Waals surface area contributed by atoms with E-state index in [2.05, 4.69) is 5.32 Å². The largest absolute Gasteiger partial charge is 0.495 e. The highest BCUT2D eigenvalue weighted by molar-refractivity contribution is 6.32. The molecule has 1 N–H and O–H groups in total. The quantitative estimate of drug-likeness (QED) is 0.846. The third kappa shape index (κ3) is 5.19. The molecular weight excluding hydrogens is 347 g/mol. The van der Waals surface area contributed by atoms with E-state index in [0.717, 1.165) is 0 Å². The maximum absolute atomic E-state index is 12.9. The molecule has 0 radical (unpaired) electrons. The van der Waals surface area contributed by atoms with Crippen LogP contribution in [0.1, 0.15) is 13.3 Å². The van der Waals surface area contributed by atoms with E-state index in [9.17, 15) is 14.0 Å². The van der Waals surface area contributed by atoms with Crippen LogP contribution in [0.4, 0.5) is 15.8 Å². The fourth-order valence-corrected chi connectivity index (χ4v) is 2.51. The molecule has 0 saturated carbocycles. The molecule has 5 nitrogen and oxygen atoms in total. The van der Waals surface area contributed by atoms with Gasteiger partial charge in [-0.3, -0.25) is 9.59 Å². The topological polar surface area (TPSA) is 58.6 Å². The molecule has 2 amide bonds. The lowest BCUT2D eigenvalue weighted by Crippen LogP contribution is -2.31. The summed E-state index contributed by atoms with van der Waals surface area (Å²) in [6, 6.07) is 10.4. The molecule has 0 aliphatic heterocycles. The maximum atomic E-state index is 12.9. The summed E-state index contributed by atoms with van der Waals surface area (Å²) in [5.41, 5.74) is 1.07. The first kappa shape index (κ1) is 18.7. The number of halogens is 2. The smallest absolute Gasteiger partial charge is 0.226 e. The molecule has 0 bridgehead atoms. The first-order valence-electron chi connectivity index (χ1n) is 7.57. The van der Waals surface area contributed by atoms with Crippen molar-refractivity contribution in [3.05, 3.63) is 53.3 Å². The van der Waals surface area contributed by atoms with Gasteiger partial charge in [0, 0.05) is 31.3 Å². The van der Waals surface area contributed by atoms with E-state index in [-0.39, 0.29) is 30.6 Å². The van der Waals surface area contributed by atoms with Gasteiger partial charge in [-0.2, -0.15) is 0 Å². The van der Waals surface area contributed by atoms with Crippen LogP contribution in [-0.2, 0) is 9.59 Å². The number of carbonyl (C=O) groups excluding carboxylic acids is 2. The number of benzene rings is 2. The van der Waals surface area contributed by atoms with E-state index in [1.54, 1.807) is 18.2 Å². The average molecular weight is 365 g/mol. The Hall–Kier alpha value is -2.60. The van der Waals surface area contributed by atoms with Gasteiger partial charge >= 0.3 is 0 Å². The Bertz CT molecular complexity index is 765. The van der Waals surface area contributed by atoms with Crippen molar-refractivity contribution in [3.63, 3.8) is 0 Å². The first-order valence-corrected chi connectivity index (χ1v) is 7.95. The van der Waals surface area contributed by atoms with Crippen molar-refractivity contribution in [1.82, 2.24) is 0 Å². The van der Waals surface area contributed by atoms with Crippen molar-refractivity contribution >= 4 is 34.8 Å². The number of anilines is 2. The molecule has 7 heteroatoms. The maximum Gasteiger partial charge on any atom is 0.226 e. The number of nitrogens with one attached hydrogen (secondary N) is 1. The van der Waals surface area contributed by atoms with Crippen LogP contribution in [0.15, 0.2) is 42.5 Å². The van der Waals surface area contributed by atoms with E-state index < -0.39 is 0 Å². The number of amides is 2. The van der Waals surface area contributed by atoms with Crippen molar-refractivity contribution < 1.29 is 18.7 Å². The summed E-state index contributed by atoms with van der Waals surface area (Å²) in [7, 11) is 1.50. The lowest BCUT2D eigenvalue weighted by molar-refractivity contribution is -0.117. The Morgan fingerprint density at radius 1 is 1.20 bits per heavy atom. The number of carbonyl (C=O) groups is 2.